The Kier molecular flexibility index (Phi) is 5.62. The molecule has 4 atom stereocenters. The standard InChI is InChI=1S/C17H25NO3S/c1-10-6-5-7-14(12(10)3)18-16(19)13(4)21-17(20)15-9-8-11(2)22-15/h8-10,12-14H,5-7H2,1-4H3,(H,18,19)/t10-,12-,13-,14-/m0/s1. The molecule has 0 saturated heterocycles. The molecule has 1 aliphatic rings. The van der Waals surface area contributed by atoms with Gasteiger partial charge in [-0.15, -0.1) is 11.3 Å². The first kappa shape index (κ1) is 17.0. The third-order valence-corrected chi connectivity index (χ3v) is 5.61. The summed E-state index contributed by atoms with van der Waals surface area (Å²) in [5, 5.41) is 3.05. The number of ether oxygens (including phenoxy) is 1. The number of nitrogens with one attached hydrogen (secondary N) is 1. The molecule has 1 amide bonds. The minimum Gasteiger partial charge on any atom is -0.448 e. The van der Waals surface area contributed by atoms with Gasteiger partial charge in [0, 0.05) is 10.9 Å². The van der Waals surface area contributed by atoms with Crippen LogP contribution in [0.4, 0.5) is 0 Å². The molecule has 0 bridgehead atoms. The number of amides is 1. The smallest absolute Gasteiger partial charge is 0.349 e. The lowest BCUT2D eigenvalue weighted by Crippen LogP contribution is -2.47. The van der Waals surface area contributed by atoms with Crippen LogP contribution >= 0.6 is 11.3 Å². The van der Waals surface area contributed by atoms with Crippen LogP contribution in [0, 0.1) is 18.8 Å². The lowest BCUT2D eigenvalue weighted by Gasteiger charge is -2.35. The summed E-state index contributed by atoms with van der Waals surface area (Å²) in [7, 11) is 0. The van der Waals surface area contributed by atoms with Crippen LogP contribution in [0.25, 0.3) is 0 Å². The van der Waals surface area contributed by atoms with Gasteiger partial charge < -0.3 is 10.1 Å². The van der Waals surface area contributed by atoms with Crippen molar-refractivity contribution in [3.8, 4) is 0 Å². The van der Waals surface area contributed by atoms with Gasteiger partial charge in [-0.25, -0.2) is 4.79 Å². The van der Waals surface area contributed by atoms with Crippen LogP contribution in [0.1, 0.15) is 54.6 Å². The Bertz CT molecular complexity index is 540. The summed E-state index contributed by atoms with van der Waals surface area (Å²) in [5.41, 5.74) is 0. The van der Waals surface area contributed by atoms with E-state index in [0.717, 1.165) is 17.7 Å². The first-order chi connectivity index (χ1) is 10.4. The highest BCUT2D eigenvalue weighted by Gasteiger charge is 2.30. The number of aryl methyl sites for hydroxylation is 1. The van der Waals surface area contributed by atoms with E-state index in [4.69, 9.17) is 4.74 Å². The van der Waals surface area contributed by atoms with Gasteiger partial charge in [-0.3, -0.25) is 4.79 Å². The average molecular weight is 323 g/mol. The fourth-order valence-corrected chi connectivity index (χ4v) is 3.65. The van der Waals surface area contributed by atoms with Crippen molar-refractivity contribution in [1.82, 2.24) is 5.32 Å². The molecule has 1 fully saturated rings. The maximum atomic E-state index is 12.3. The third kappa shape index (κ3) is 4.09. The van der Waals surface area contributed by atoms with Crippen LogP contribution in [0.5, 0.6) is 0 Å². The Morgan fingerprint density at radius 2 is 2.05 bits per heavy atom. The van der Waals surface area contributed by atoms with Crippen molar-refractivity contribution < 1.29 is 14.3 Å². The van der Waals surface area contributed by atoms with Crippen LogP contribution < -0.4 is 5.32 Å². The summed E-state index contributed by atoms with van der Waals surface area (Å²) < 4.78 is 5.27. The zero-order valence-corrected chi connectivity index (χ0v) is 14.5. The summed E-state index contributed by atoms with van der Waals surface area (Å²) in [5.74, 6) is 0.449. The Morgan fingerprint density at radius 1 is 1.32 bits per heavy atom. The summed E-state index contributed by atoms with van der Waals surface area (Å²) in [6.45, 7) is 7.97. The van der Waals surface area contributed by atoms with Gasteiger partial charge in [-0.2, -0.15) is 0 Å². The first-order valence-corrected chi connectivity index (χ1v) is 8.78. The van der Waals surface area contributed by atoms with E-state index in [-0.39, 0.29) is 11.9 Å². The van der Waals surface area contributed by atoms with Crippen LogP contribution in [-0.2, 0) is 9.53 Å². The molecule has 1 aliphatic carbocycles. The molecule has 22 heavy (non-hydrogen) atoms. The summed E-state index contributed by atoms with van der Waals surface area (Å²) >= 11 is 1.38. The second kappa shape index (κ2) is 7.27. The quantitative estimate of drug-likeness (QED) is 0.862. The lowest BCUT2D eigenvalue weighted by molar-refractivity contribution is -0.130. The molecular formula is C17H25NO3S. The maximum Gasteiger partial charge on any atom is 0.349 e. The summed E-state index contributed by atoms with van der Waals surface area (Å²) in [6.07, 6.45) is 2.59. The number of esters is 1. The molecule has 0 aliphatic heterocycles. The number of hydrogen-bond donors (Lipinski definition) is 1. The van der Waals surface area contributed by atoms with Gasteiger partial charge in [0.15, 0.2) is 6.10 Å². The second-order valence-corrected chi connectivity index (χ2v) is 7.63. The zero-order chi connectivity index (χ0) is 16.3. The molecule has 0 radical (unpaired) electrons. The molecule has 0 aromatic carbocycles. The van der Waals surface area contributed by atoms with Gasteiger partial charge >= 0.3 is 5.97 Å². The Hall–Kier alpha value is -1.36. The number of rotatable bonds is 4. The topological polar surface area (TPSA) is 55.4 Å². The van der Waals surface area contributed by atoms with Crippen molar-refractivity contribution >= 4 is 23.2 Å². The number of hydrogen-bond acceptors (Lipinski definition) is 4. The van der Waals surface area contributed by atoms with Crippen molar-refractivity contribution in [1.29, 1.82) is 0 Å². The van der Waals surface area contributed by atoms with Crippen molar-refractivity contribution in [2.75, 3.05) is 0 Å². The van der Waals surface area contributed by atoms with E-state index in [2.05, 4.69) is 19.2 Å². The zero-order valence-electron chi connectivity index (χ0n) is 13.7. The predicted octanol–water partition coefficient (Wildman–Crippen LogP) is 3.54. The average Bonchev–Trinajstić information content (AvgIpc) is 2.90. The van der Waals surface area contributed by atoms with E-state index in [1.165, 1.54) is 17.8 Å². The fraction of sp³-hybridized carbons (Fsp3) is 0.647. The largest absolute Gasteiger partial charge is 0.448 e. The van der Waals surface area contributed by atoms with E-state index >= 15 is 0 Å². The molecule has 1 aromatic rings. The SMILES string of the molecule is Cc1ccc(C(=O)O[C@@H](C)C(=O)N[C@H]2CCC[C@H](C)[C@@H]2C)s1. The van der Waals surface area contributed by atoms with E-state index in [1.54, 1.807) is 13.0 Å². The van der Waals surface area contributed by atoms with E-state index in [0.29, 0.717) is 16.7 Å². The predicted molar refractivity (Wildman–Crippen MR) is 88.0 cm³/mol. The molecule has 4 nitrogen and oxygen atoms in total. The molecule has 0 spiro atoms. The highest BCUT2D eigenvalue weighted by atomic mass is 32.1. The van der Waals surface area contributed by atoms with Gasteiger partial charge in [0.1, 0.15) is 4.88 Å². The van der Waals surface area contributed by atoms with Crippen molar-refractivity contribution in [3.05, 3.63) is 21.9 Å². The molecule has 122 valence electrons. The van der Waals surface area contributed by atoms with Crippen LogP contribution in [0.3, 0.4) is 0 Å². The van der Waals surface area contributed by atoms with Crippen molar-refractivity contribution in [2.24, 2.45) is 11.8 Å². The van der Waals surface area contributed by atoms with Gasteiger partial charge in [-0.05, 0) is 44.2 Å². The number of carbonyl (C=O) groups is 2. The minimum absolute atomic E-state index is 0.182. The van der Waals surface area contributed by atoms with E-state index < -0.39 is 12.1 Å². The Balaban J connectivity index is 1.88. The Morgan fingerprint density at radius 3 is 2.68 bits per heavy atom. The van der Waals surface area contributed by atoms with Crippen molar-refractivity contribution in [3.63, 3.8) is 0 Å². The van der Waals surface area contributed by atoms with Crippen LogP contribution in [-0.4, -0.2) is 24.0 Å². The molecular weight excluding hydrogens is 298 g/mol. The molecule has 1 aromatic heterocycles. The molecule has 1 saturated carbocycles. The first-order valence-electron chi connectivity index (χ1n) is 7.96. The lowest BCUT2D eigenvalue weighted by atomic mass is 9.78. The number of thiophene rings is 1. The monoisotopic (exact) mass is 323 g/mol. The molecule has 2 rings (SSSR count). The summed E-state index contributed by atoms with van der Waals surface area (Å²) in [6, 6.07) is 3.79. The normalized spacial score (nSPS) is 26.3. The number of carbonyl (C=O) groups excluding carboxylic acids is 2. The van der Waals surface area contributed by atoms with Gasteiger partial charge in [0.05, 0.1) is 0 Å². The highest BCUT2D eigenvalue weighted by Crippen LogP contribution is 2.29. The Labute approximate surface area is 136 Å². The second-order valence-electron chi connectivity index (χ2n) is 6.34. The highest BCUT2D eigenvalue weighted by molar-refractivity contribution is 7.13. The van der Waals surface area contributed by atoms with E-state index in [9.17, 15) is 9.59 Å². The van der Waals surface area contributed by atoms with Gasteiger partial charge in [-0.1, -0.05) is 26.7 Å². The molecule has 5 heteroatoms. The van der Waals surface area contributed by atoms with Crippen molar-refractivity contribution in [2.45, 2.75) is 59.1 Å². The van der Waals surface area contributed by atoms with E-state index in [1.807, 2.05) is 13.0 Å². The minimum atomic E-state index is -0.765. The maximum absolute atomic E-state index is 12.3. The molecule has 0 unspecified atom stereocenters. The van der Waals surface area contributed by atoms with Crippen LogP contribution in [0.15, 0.2) is 12.1 Å². The van der Waals surface area contributed by atoms with Gasteiger partial charge in [0.25, 0.3) is 5.91 Å². The van der Waals surface area contributed by atoms with Crippen LogP contribution in [0.2, 0.25) is 0 Å². The van der Waals surface area contributed by atoms with Gasteiger partial charge in [0.2, 0.25) is 0 Å². The molecule has 1 N–H and O–H groups in total. The fourth-order valence-electron chi connectivity index (χ4n) is 2.90. The third-order valence-electron chi connectivity index (χ3n) is 4.63. The molecule has 1 heterocycles. The summed E-state index contributed by atoms with van der Waals surface area (Å²) in [4.78, 5) is 25.8.